The van der Waals surface area contributed by atoms with E-state index in [9.17, 15) is 25.3 Å². The van der Waals surface area contributed by atoms with Crippen molar-refractivity contribution in [3.8, 4) is 0 Å². The lowest BCUT2D eigenvalue weighted by atomic mass is 10.2. The van der Waals surface area contributed by atoms with Crippen molar-refractivity contribution in [1.29, 1.82) is 0 Å². The molecule has 48 heavy (non-hydrogen) atoms. The van der Waals surface area contributed by atoms with Gasteiger partial charge in [-0.2, -0.15) is 12.9 Å². The molecule has 0 bridgehead atoms. The maximum atomic E-state index is 14.1. The topological polar surface area (TPSA) is 128 Å². The van der Waals surface area contributed by atoms with Crippen LogP contribution in [0.2, 0.25) is 0 Å². The minimum atomic E-state index is -4.13. The highest BCUT2D eigenvalue weighted by Gasteiger charge is 2.33. The van der Waals surface area contributed by atoms with E-state index in [0.717, 1.165) is 16.7 Å². The van der Waals surface area contributed by atoms with Crippen molar-refractivity contribution in [1.82, 2.24) is 17.9 Å². The van der Waals surface area contributed by atoms with Crippen molar-refractivity contribution in [2.45, 2.75) is 35.5 Å². The molecule has 1 aliphatic rings. The second kappa shape index (κ2) is 14.8. The fourth-order valence-corrected chi connectivity index (χ4v) is 9.69. The van der Waals surface area contributed by atoms with Crippen LogP contribution in [0.25, 0.3) is 0 Å². The lowest BCUT2D eigenvalue weighted by molar-refractivity contribution is 0.310. The van der Waals surface area contributed by atoms with Gasteiger partial charge in [0.25, 0.3) is 0 Å². The SMILES string of the molecule is Cc1ccc(S(=O)(=O)N2CCN(c3ccccn3)CCN(S(=O)(=O)c3ccc(C)cc3)CCN(S(=O)(=O)c3ccc(C)cc3)CC2)cc1. The van der Waals surface area contributed by atoms with Crippen LogP contribution in [0.3, 0.4) is 0 Å². The van der Waals surface area contributed by atoms with Crippen molar-refractivity contribution < 1.29 is 25.3 Å². The Labute approximate surface area is 284 Å². The monoisotopic (exact) mass is 711 g/mol. The Kier molecular flexibility index (Phi) is 11.0. The van der Waals surface area contributed by atoms with Crippen molar-refractivity contribution in [2.24, 2.45) is 0 Å². The number of sulfonamides is 3. The predicted octanol–water partition coefficient (Wildman–Crippen LogP) is 3.90. The Morgan fingerprint density at radius 1 is 0.438 bits per heavy atom. The van der Waals surface area contributed by atoms with Crippen molar-refractivity contribution in [3.05, 3.63) is 114 Å². The molecular weight excluding hydrogens is 671 g/mol. The Morgan fingerprint density at radius 2 is 0.750 bits per heavy atom. The first-order valence-corrected chi connectivity index (χ1v) is 20.0. The summed E-state index contributed by atoms with van der Waals surface area (Å²) in [5.41, 5.74) is 2.69. The van der Waals surface area contributed by atoms with Crippen LogP contribution in [0.15, 0.2) is 112 Å². The smallest absolute Gasteiger partial charge is 0.243 e. The fraction of sp³-hybridized carbons (Fsp3) is 0.324. The van der Waals surface area contributed by atoms with E-state index in [2.05, 4.69) is 4.98 Å². The van der Waals surface area contributed by atoms with Gasteiger partial charge in [0, 0.05) is 58.6 Å². The van der Waals surface area contributed by atoms with Crippen LogP contribution in [0.1, 0.15) is 16.7 Å². The molecule has 0 atom stereocenters. The van der Waals surface area contributed by atoms with E-state index in [0.29, 0.717) is 5.82 Å². The van der Waals surface area contributed by atoms with Gasteiger partial charge in [-0.15, -0.1) is 0 Å². The average molecular weight is 712 g/mol. The van der Waals surface area contributed by atoms with E-state index in [4.69, 9.17) is 0 Å². The van der Waals surface area contributed by atoms with E-state index in [1.165, 1.54) is 25.0 Å². The second-order valence-corrected chi connectivity index (χ2v) is 17.6. The quantitative estimate of drug-likeness (QED) is 0.283. The Bertz CT molecular complexity index is 1920. The van der Waals surface area contributed by atoms with Gasteiger partial charge in [0.1, 0.15) is 5.82 Å². The molecule has 1 aliphatic heterocycles. The first-order chi connectivity index (χ1) is 22.8. The van der Waals surface area contributed by atoms with Crippen LogP contribution in [-0.4, -0.2) is 95.5 Å². The summed E-state index contributed by atoms with van der Waals surface area (Å²) < 4.78 is 88.0. The molecule has 1 fully saturated rings. The molecule has 0 N–H and O–H groups in total. The van der Waals surface area contributed by atoms with Gasteiger partial charge in [-0.1, -0.05) is 59.2 Å². The van der Waals surface area contributed by atoms with E-state index in [-0.39, 0.29) is 67.0 Å². The number of hydrogen-bond acceptors (Lipinski definition) is 8. The molecule has 3 aromatic carbocycles. The third-order valence-electron chi connectivity index (χ3n) is 8.39. The van der Waals surface area contributed by atoms with Crippen molar-refractivity contribution in [2.75, 3.05) is 57.3 Å². The third kappa shape index (κ3) is 8.13. The number of anilines is 1. The highest BCUT2D eigenvalue weighted by molar-refractivity contribution is 7.89. The lowest BCUT2D eigenvalue weighted by Gasteiger charge is -2.34. The maximum Gasteiger partial charge on any atom is 0.243 e. The van der Waals surface area contributed by atoms with Gasteiger partial charge in [0.2, 0.25) is 30.1 Å². The van der Waals surface area contributed by atoms with Gasteiger partial charge in [-0.3, -0.25) is 0 Å². The normalized spacial score (nSPS) is 17.0. The average Bonchev–Trinajstić information content (AvgIpc) is 3.05. The summed E-state index contributed by atoms with van der Waals surface area (Å²) in [6.45, 7) is 5.29. The molecule has 2 heterocycles. The standard InChI is InChI=1S/C34H41N5O6S3/c1-28-7-13-31(14-8-28)46(40,41)37-22-20-36(34-6-4-5-19-35-34)21-23-38(47(42,43)32-15-9-29(2)10-16-32)25-27-39(26-24-37)48(44,45)33-17-11-30(3)12-18-33/h4-19H,20-27H2,1-3H3. The van der Waals surface area contributed by atoms with Gasteiger partial charge in [0.05, 0.1) is 14.7 Å². The Morgan fingerprint density at radius 3 is 1.04 bits per heavy atom. The minimum Gasteiger partial charge on any atom is -0.354 e. The number of pyridine rings is 1. The van der Waals surface area contributed by atoms with Crippen LogP contribution in [0, 0.1) is 20.8 Å². The minimum absolute atomic E-state index is 0.00984. The lowest BCUT2D eigenvalue weighted by Crippen LogP contribution is -2.49. The van der Waals surface area contributed by atoms with E-state index in [1.807, 2.05) is 31.7 Å². The molecule has 0 saturated carbocycles. The zero-order chi connectivity index (χ0) is 34.5. The van der Waals surface area contributed by atoms with Crippen LogP contribution in [0.4, 0.5) is 5.82 Å². The van der Waals surface area contributed by atoms with Crippen molar-refractivity contribution in [3.63, 3.8) is 0 Å². The summed E-state index contributed by atoms with van der Waals surface area (Å²) in [6, 6.07) is 24.9. The van der Waals surface area contributed by atoms with E-state index in [1.54, 1.807) is 79.0 Å². The second-order valence-electron chi connectivity index (χ2n) is 11.8. The number of aromatic nitrogens is 1. The summed E-state index contributed by atoms with van der Waals surface area (Å²) in [7, 11) is -12.2. The largest absolute Gasteiger partial charge is 0.354 e. The summed E-state index contributed by atoms with van der Waals surface area (Å²) >= 11 is 0. The van der Waals surface area contributed by atoms with Gasteiger partial charge in [0.15, 0.2) is 0 Å². The Balaban J connectivity index is 1.56. The zero-order valence-electron chi connectivity index (χ0n) is 27.3. The summed E-state index contributed by atoms with van der Waals surface area (Å²) in [6.07, 6.45) is 1.63. The van der Waals surface area contributed by atoms with E-state index >= 15 is 0 Å². The highest BCUT2D eigenvalue weighted by atomic mass is 32.2. The van der Waals surface area contributed by atoms with E-state index < -0.39 is 30.1 Å². The first kappa shape index (κ1) is 35.6. The fourth-order valence-electron chi connectivity index (χ4n) is 5.43. The molecule has 1 saturated heterocycles. The molecule has 5 rings (SSSR count). The number of nitrogens with zero attached hydrogens (tertiary/aromatic N) is 5. The molecule has 11 nitrogen and oxygen atoms in total. The van der Waals surface area contributed by atoms with Gasteiger partial charge >= 0.3 is 0 Å². The van der Waals surface area contributed by atoms with Gasteiger partial charge in [-0.25, -0.2) is 30.2 Å². The zero-order valence-corrected chi connectivity index (χ0v) is 29.8. The molecule has 0 amide bonds. The van der Waals surface area contributed by atoms with Gasteiger partial charge in [-0.05, 0) is 69.3 Å². The number of rotatable bonds is 7. The van der Waals surface area contributed by atoms with Gasteiger partial charge < -0.3 is 4.90 Å². The van der Waals surface area contributed by atoms with Crippen molar-refractivity contribution >= 4 is 35.9 Å². The first-order valence-electron chi connectivity index (χ1n) is 15.6. The maximum absolute atomic E-state index is 14.1. The third-order valence-corrected chi connectivity index (χ3v) is 14.1. The summed E-state index contributed by atoms with van der Waals surface area (Å²) in [5, 5.41) is 0. The van der Waals surface area contributed by atoms with Crippen LogP contribution in [-0.2, 0) is 30.1 Å². The number of aryl methyl sites for hydroxylation is 3. The molecule has 256 valence electrons. The molecule has 0 aliphatic carbocycles. The summed E-state index contributed by atoms with van der Waals surface area (Å²) in [4.78, 5) is 6.58. The molecule has 14 heteroatoms. The summed E-state index contributed by atoms with van der Waals surface area (Å²) in [5.74, 6) is 0.568. The molecule has 0 radical (unpaired) electrons. The van der Waals surface area contributed by atoms with Crippen LogP contribution < -0.4 is 4.90 Å². The van der Waals surface area contributed by atoms with Crippen LogP contribution in [0.5, 0.6) is 0 Å². The molecule has 0 unspecified atom stereocenters. The highest BCUT2D eigenvalue weighted by Crippen LogP contribution is 2.23. The Hall–Kier alpha value is -3.66. The molecule has 1 aromatic heterocycles. The van der Waals surface area contributed by atoms with Crippen LogP contribution >= 0.6 is 0 Å². The molecule has 4 aromatic rings. The number of benzene rings is 3. The number of hydrogen-bond donors (Lipinski definition) is 0. The molecule has 0 spiro atoms. The molecular formula is C34H41N5O6S3. The predicted molar refractivity (Wildman–Crippen MR) is 186 cm³/mol.